The van der Waals surface area contributed by atoms with Gasteiger partial charge in [-0.15, -0.1) is 69.6 Å². The van der Waals surface area contributed by atoms with Crippen molar-refractivity contribution >= 4 is 80.6 Å². The Kier molecular flexibility index (Phi) is 6.77. The standard InChI is InChI=1S/C6H6Cl6.H4Si/c7-1-2(8)4(10)6(12)5(11)3(1)9;/h1-6H;1H4. The molecule has 1 rings (SSSR count). The molecular weight excluding hydrogens is 313 g/mol. The maximum Gasteiger partial charge on any atom is 0.0693 e. The van der Waals surface area contributed by atoms with Gasteiger partial charge in [-0.1, -0.05) is 0 Å². The summed E-state index contributed by atoms with van der Waals surface area (Å²) in [4.78, 5) is 0. The van der Waals surface area contributed by atoms with E-state index >= 15 is 0 Å². The van der Waals surface area contributed by atoms with Gasteiger partial charge < -0.3 is 0 Å². The van der Waals surface area contributed by atoms with E-state index < -0.39 is 32.3 Å². The summed E-state index contributed by atoms with van der Waals surface area (Å²) in [6, 6.07) is 0. The quantitative estimate of drug-likeness (QED) is 0.474. The second-order valence-corrected chi connectivity index (χ2v) is 5.69. The van der Waals surface area contributed by atoms with Crippen LogP contribution in [0.4, 0.5) is 0 Å². The lowest BCUT2D eigenvalue weighted by atomic mass is 9.97. The van der Waals surface area contributed by atoms with Gasteiger partial charge in [-0.25, -0.2) is 0 Å². The highest BCUT2D eigenvalue weighted by Crippen LogP contribution is 2.39. The molecule has 0 bridgehead atoms. The van der Waals surface area contributed by atoms with Crippen molar-refractivity contribution in [1.29, 1.82) is 0 Å². The molecule has 7 heteroatoms. The van der Waals surface area contributed by atoms with Crippen molar-refractivity contribution < 1.29 is 0 Å². The van der Waals surface area contributed by atoms with Crippen LogP contribution in [-0.2, 0) is 0 Å². The summed E-state index contributed by atoms with van der Waals surface area (Å²) in [6.45, 7) is 0. The summed E-state index contributed by atoms with van der Waals surface area (Å²) in [5.74, 6) is 0. The maximum absolute atomic E-state index is 5.88. The Hall–Kier alpha value is 1.96. The highest BCUT2D eigenvalue weighted by atomic mass is 35.5. The molecule has 1 aliphatic carbocycles. The van der Waals surface area contributed by atoms with Gasteiger partial charge in [0.25, 0.3) is 0 Å². The summed E-state index contributed by atoms with van der Waals surface area (Å²) in [6.07, 6.45) is 0. The Bertz CT molecular complexity index is 109. The Morgan fingerprint density at radius 1 is 0.385 bits per heavy atom. The predicted octanol–water partition coefficient (Wildman–Crippen LogP) is 2.19. The SMILES string of the molecule is ClC1C(Cl)C(Cl)C(Cl)C(Cl)C1Cl.[SiH4]. The van der Waals surface area contributed by atoms with Crippen molar-refractivity contribution in [2.75, 3.05) is 0 Å². The van der Waals surface area contributed by atoms with Crippen molar-refractivity contribution in [3.05, 3.63) is 0 Å². The zero-order valence-corrected chi connectivity index (χ0v) is 10.3. The molecule has 1 aliphatic rings. The fourth-order valence-electron chi connectivity index (χ4n) is 1.05. The third-order valence-electron chi connectivity index (χ3n) is 1.83. The van der Waals surface area contributed by atoms with Crippen LogP contribution in [0.15, 0.2) is 0 Å². The minimum absolute atomic E-state index is 0. The predicted molar refractivity (Wildman–Crippen MR) is 69.2 cm³/mol. The van der Waals surface area contributed by atoms with E-state index in [-0.39, 0.29) is 11.0 Å². The molecule has 1 saturated carbocycles. The van der Waals surface area contributed by atoms with Crippen LogP contribution in [0.2, 0.25) is 0 Å². The van der Waals surface area contributed by atoms with Crippen LogP contribution in [0.1, 0.15) is 0 Å². The zero-order chi connectivity index (χ0) is 9.46. The molecule has 0 saturated heterocycles. The fourth-order valence-corrected chi connectivity index (χ4v) is 3.38. The lowest BCUT2D eigenvalue weighted by Gasteiger charge is -2.37. The van der Waals surface area contributed by atoms with Gasteiger partial charge in [0.2, 0.25) is 0 Å². The van der Waals surface area contributed by atoms with E-state index in [1.165, 1.54) is 0 Å². The minimum Gasteiger partial charge on any atom is -0.120 e. The van der Waals surface area contributed by atoms with Gasteiger partial charge in [0.05, 0.1) is 32.3 Å². The summed E-state index contributed by atoms with van der Waals surface area (Å²) >= 11 is 35.3. The van der Waals surface area contributed by atoms with E-state index in [4.69, 9.17) is 69.6 Å². The molecule has 0 aliphatic heterocycles. The van der Waals surface area contributed by atoms with Crippen molar-refractivity contribution in [3.63, 3.8) is 0 Å². The number of halogens is 6. The highest BCUT2D eigenvalue weighted by Gasteiger charge is 2.46. The molecular formula is C6H10Cl6Si. The first-order chi connectivity index (χ1) is 5.46. The average molecular weight is 323 g/mol. The number of hydrogen-bond acceptors (Lipinski definition) is 0. The fraction of sp³-hybridized carbons (Fsp3) is 1.00. The van der Waals surface area contributed by atoms with Crippen LogP contribution in [0.5, 0.6) is 0 Å². The van der Waals surface area contributed by atoms with Crippen molar-refractivity contribution in [2.24, 2.45) is 0 Å². The second-order valence-electron chi connectivity index (χ2n) is 2.67. The average Bonchev–Trinajstić information content (AvgIpc) is 2.08. The lowest BCUT2D eigenvalue weighted by molar-refractivity contribution is 0.544. The lowest BCUT2D eigenvalue weighted by Crippen LogP contribution is -2.52. The summed E-state index contributed by atoms with van der Waals surface area (Å²) in [5, 5.41) is -2.62. The third-order valence-corrected chi connectivity index (χ3v) is 5.86. The molecule has 1 fully saturated rings. The normalized spacial score (nSPS) is 51.2. The maximum atomic E-state index is 5.88. The Labute approximate surface area is 112 Å². The number of alkyl halides is 6. The first kappa shape index (κ1) is 15.0. The smallest absolute Gasteiger partial charge is 0.0693 e. The van der Waals surface area contributed by atoms with Gasteiger partial charge in [0.15, 0.2) is 0 Å². The second kappa shape index (κ2) is 5.88. The van der Waals surface area contributed by atoms with Crippen LogP contribution in [0.3, 0.4) is 0 Å². The van der Waals surface area contributed by atoms with Crippen LogP contribution >= 0.6 is 69.6 Å². The van der Waals surface area contributed by atoms with E-state index in [1.807, 2.05) is 0 Å². The molecule has 0 spiro atoms. The van der Waals surface area contributed by atoms with Crippen LogP contribution in [0, 0.1) is 0 Å². The summed E-state index contributed by atoms with van der Waals surface area (Å²) < 4.78 is 0. The molecule has 0 N–H and O–H groups in total. The van der Waals surface area contributed by atoms with Crippen LogP contribution in [0.25, 0.3) is 0 Å². The molecule has 80 valence electrons. The van der Waals surface area contributed by atoms with Crippen molar-refractivity contribution in [1.82, 2.24) is 0 Å². The Balaban J connectivity index is 0.00000144. The van der Waals surface area contributed by atoms with E-state index in [0.29, 0.717) is 0 Å². The van der Waals surface area contributed by atoms with E-state index in [9.17, 15) is 0 Å². The van der Waals surface area contributed by atoms with Crippen LogP contribution in [-0.4, -0.2) is 43.2 Å². The summed E-state index contributed by atoms with van der Waals surface area (Å²) in [7, 11) is 0. The van der Waals surface area contributed by atoms with Gasteiger partial charge in [-0.3, -0.25) is 0 Å². The first-order valence-corrected chi connectivity index (χ1v) is 5.93. The molecule has 0 unspecified atom stereocenters. The van der Waals surface area contributed by atoms with Crippen molar-refractivity contribution in [3.8, 4) is 0 Å². The largest absolute Gasteiger partial charge is 0.120 e. The van der Waals surface area contributed by atoms with Gasteiger partial charge in [-0.2, -0.15) is 0 Å². The molecule has 0 heterocycles. The van der Waals surface area contributed by atoms with E-state index in [1.54, 1.807) is 0 Å². The zero-order valence-electron chi connectivity index (χ0n) is 5.73. The molecule has 0 aromatic heterocycles. The molecule has 0 radical (unpaired) electrons. The van der Waals surface area contributed by atoms with Gasteiger partial charge in [0.1, 0.15) is 0 Å². The molecule has 0 nitrogen and oxygen atoms in total. The third kappa shape index (κ3) is 2.96. The molecule has 0 aromatic rings. The van der Waals surface area contributed by atoms with Crippen molar-refractivity contribution in [2.45, 2.75) is 32.3 Å². The molecule has 0 aromatic carbocycles. The number of rotatable bonds is 0. The molecule has 13 heavy (non-hydrogen) atoms. The Morgan fingerprint density at radius 3 is 0.538 bits per heavy atom. The van der Waals surface area contributed by atoms with E-state index in [0.717, 1.165) is 0 Å². The summed E-state index contributed by atoms with van der Waals surface area (Å²) in [5.41, 5.74) is 0. The van der Waals surface area contributed by atoms with Crippen LogP contribution < -0.4 is 0 Å². The van der Waals surface area contributed by atoms with Gasteiger partial charge in [-0.05, 0) is 11.0 Å². The number of hydrogen-bond donors (Lipinski definition) is 0. The highest BCUT2D eigenvalue weighted by molar-refractivity contribution is 6.45. The topological polar surface area (TPSA) is 0 Å². The first-order valence-electron chi connectivity index (χ1n) is 3.31. The molecule has 0 atom stereocenters. The van der Waals surface area contributed by atoms with E-state index in [2.05, 4.69) is 0 Å². The van der Waals surface area contributed by atoms with Gasteiger partial charge >= 0.3 is 0 Å². The minimum atomic E-state index is -0.437. The molecule has 0 amide bonds. The van der Waals surface area contributed by atoms with Gasteiger partial charge in [0, 0.05) is 0 Å². The monoisotopic (exact) mass is 320 g/mol. The Morgan fingerprint density at radius 2 is 0.462 bits per heavy atom.